The number of hydrogen-bond donors (Lipinski definition) is 1. The van der Waals surface area contributed by atoms with Crippen LogP contribution in [0.5, 0.6) is 0 Å². The molecule has 3 nitrogen and oxygen atoms in total. The first kappa shape index (κ1) is 7.76. The Bertz CT molecular complexity index is 416. The summed E-state index contributed by atoms with van der Waals surface area (Å²) in [4.78, 5) is 6.42. The summed E-state index contributed by atoms with van der Waals surface area (Å²) >= 11 is 1.66. The van der Waals surface area contributed by atoms with E-state index in [2.05, 4.69) is 11.9 Å². The van der Waals surface area contributed by atoms with Crippen molar-refractivity contribution in [3.05, 3.63) is 22.5 Å². The number of aryl methyl sites for hydroxylation is 2. The monoisotopic (exact) mass is 182 g/mol. The Kier molecular flexibility index (Phi) is 1.66. The van der Waals surface area contributed by atoms with E-state index in [1.807, 2.05) is 11.3 Å². The van der Waals surface area contributed by atoms with Gasteiger partial charge in [-0.2, -0.15) is 0 Å². The summed E-state index contributed by atoms with van der Waals surface area (Å²) in [5, 5.41) is 9.00. The minimum Gasteiger partial charge on any atom is -0.390 e. The topological polar surface area (TPSA) is 37.5 Å². The van der Waals surface area contributed by atoms with E-state index in [1.54, 1.807) is 17.5 Å². The number of thiazole rings is 1. The van der Waals surface area contributed by atoms with Gasteiger partial charge in [-0.3, -0.25) is 4.40 Å². The molecule has 0 radical (unpaired) electrons. The Balaban J connectivity index is 2.82. The molecule has 0 aliphatic rings. The Morgan fingerprint density at radius 1 is 1.58 bits per heavy atom. The number of rotatable bonds is 1. The van der Waals surface area contributed by atoms with Crippen molar-refractivity contribution in [1.29, 1.82) is 0 Å². The molecular formula is C8H10N2OS. The second kappa shape index (κ2) is 2.57. The smallest absolute Gasteiger partial charge is 0.194 e. The van der Waals surface area contributed by atoms with E-state index in [4.69, 9.17) is 5.11 Å². The number of aromatic nitrogens is 2. The Labute approximate surface area is 74.3 Å². The quantitative estimate of drug-likeness (QED) is 0.725. The second-order valence-corrected chi connectivity index (χ2v) is 3.95. The van der Waals surface area contributed by atoms with E-state index in [0.29, 0.717) is 0 Å². The fourth-order valence-electron chi connectivity index (χ4n) is 1.28. The molecule has 0 fully saturated rings. The van der Waals surface area contributed by atoms with Gasteiger partial charge in [0.05, 0.1) is 18.5 Å². The van der Waals surface area contributed by atoms with Crippen LogP contribution in [0, 0.1) is 13.8 Å². The molecule has 0 unspecified atom stereocenters. The molecule has 0 aromatic carbocycles. The largest absolute Gasteiger partial charge is 0.390 e. The summed E-state index contributed by atoms with van der Waals surface area (Å²) in [6.45, 7) is 4.16. The van der Waals surface area contributed by atoms with Crippen molar-refractivity contribution in [2.24, 2.45) is 0 Å². The lowest BCUT2D eigenvalue weighted by molar-refractivity contribution is 0.275. The highest BCUT2D eigenvalue weighted by Crippen LogP contribution is 2.22. The molecule has 0 saturated carbocycles. The molecule has 0 amide bonds. The van der Waals surface area contributed by atoms with Crippen molar-refractivity contribution in [2.45, 2.75) is 20.5 Å². The minimum absolute atomic E-state index is 0.0537. The van der Waals surface area contributed by atoms with E-state index in [-0.39, 0.29) is 6.61 Å². The average molecular weight is 182 g/mol. The zero-order chi connectivity index (χ0) is 8.72. The summed E-state index contributed by atoms with van der Waals surface area (Å²) in [5.41, 5.74) is 2.04. The van der Waals surface area contributed by atoms with E-state index in [0.717, 1.165) is 10.7 Å². The van der Waals surface area contributed by atoms with Gasteiger partial charge in [0.25, 0.3) is 0 Å². The first-order chi connectivity index (χ1) is 5.74. The number of imidazole rings is 1. The zero-order valence-electron chi connectivity index (χ0n) is 7.03. The molecule has 1 N–H and O–H groups in total. The molecule has 2 heterocycles. The third-order valence-electron chi connectivity index (χ3n) is 2.05. The molecule has 2 aromatic heterocycles. The maximum Gasteiger partial charge on any atom is 0.194 e. The highest BCUT2D eigenvalue weighted by Gasteiger charge is 2.08. The summed E-state index contributed by atoms with van der Waals surface area (Å²) in [7, 11) is 0. The zero-order valence-corrected chi connectivity index (χ0v) is 7.85. The molecule has 4 heteroatoms. The average Bonchev–Trinajstić information content (AvgIpc) is 2.55. The van der Waals surface area contributed by atoms with E-state index in [1.165, 1.54) is 10.6 Å². The number of aliphatic hydroxyl groups excluding tert-OH is 1. The van der Waals surface area contributed by atoms with Crippen LogP contribution in [-0.4, -0.2) is 14.5 Å². The minimum atomic E-state index is 0.0537. The SMILES string of the molecule is Cc1sc2ncc(CO)n2c1C. The van der Waals surface area contributed by atoms with E-state index >= 15 is 0 Å². The third-order valence-corrected chi connectivity index (χ3v) is 3.13. The third kappa shape index (κ3) is 0.884. The summed E-state index contributed by atoms with van der Waals surface area (Å²) in [5.74, 6) is 0. The van der Waals surface area contributed by atoms with Crippen LogP contribution >= 0.6 is 11.3 Å². The summed E-state index contributed by atoms with van der Waals surface area (Å²) in [6, 6.07) is 0. The van der Waals surface area contributed by atoms with Gasteiger partial charge in [0.1, 0.15) is 0 Å². The van der Waals surface area contributed by atoms with Crippen LogP contribution in [-0.2, 0) is 6.61 Å². The van der Waals surface area contributed by atoms with Gasteiger partial charge in [0, 0.05) is 10.6 Å². The number of aliphatic hydroxyl groups is 1. The predicted octanol–water partition coefficient (Wildman–Crippen LogP) is 1.50. The van der Waals surface area contributed by atoms with Gasteiger partial charge in [-0.25, -0.2) is 4.98 Å². The first-order valence-corrected chi connectivity index (χ1v) is 4.59. The molecule has 64 valence electrons. The van der Waals surface area contributed by atoms with Crippen molar-refractivity contribution in [2.75, 3.05) is 0 Å². The van der Waals surface area contributed by atoms with Gasteiger partial charge < -0.3 is 5.11 Å². The van der Waals surface area contributed by atoms with Crippen molar-refractivity contribution in [3.63, 3.8) is 0 Å². The Morgan fingerprint density at radius 2 is 2.33 bits per heavy atom. The van der Waals surface area contributed by atoms with Crippen LogP contribution in [0.1, 0.15) is 16.3 Å². The molecule has 12 heavy (non-hydrogen) atoms. The highest BCUT2D eigenvalue weighted by atomic mass is 32.1. The molecule has 2 aromatic rings. The highest BCUT2D eigenvalue weighted by molar-refractivity contribution is 7.17. The van der Waals surface area contributed by atoms with Crippen LogP contribution in [0.4, 0.5) is 0 Å². The number of fused-ring (bicyclic) bond motifs is 1. The molecule has 0 saturated heterocycles. The molecule has 0 aliphatic heterocycles. The van der Waals surface area contributed by atoms with Crippen LogP contribution in [0.2, 0.25) is 0 Å². The maximum absolute atomic E-state index is 9.00. The van der Waals surface area contributed by atoms with Crippen LogP contribution in [0.25, 0.3) is 4.96 Å². The van der Waals surface area contributed by atoms with Gasteiger partial charge in [-0.05, 0) is 13.8 Å². The first-order valence-electron chi connectivity index (χ1n) is 3.77. The van der Waals surface area contributed by atoms with Crippen LogP contribution < -0.4 is 0 Å². The lowest BCUT2D eigenvalue weighted by Gasteiger charge is -1.95. The van der Waals surface area contributed by atoms with Gasteiger partial charge in [0.15, 0.2) is 4.96 Å². The summed E-state index contributed by atoms with van der Waals surface area (Å²) in [6.07, 6.45) is 1.72. The van der Waals surface area contributed by atoms with E-state index < -0.39 is 0 Å². The van der Waals surface area contributed by atoms with Crippen molar-refractivity contribution in [1.82, 2.24) is 9.38 Å². The number of nitrogens with zero attached hydrogens (tertiary/aromatic N) is 2. The Hall–Kier alpha value is -0.870. The van der Waals surface area contributed by atoms with Gasteiger partial charge in [-0.1, -0.05) is 0 Å². The van der Waals surface area contributed by atoms with Crippen molar-refractivity contribution in [3.8, 4) is 0 Å². The lowest BCUT2D eigenvalue weighted by Crippen LogP contribution is -1.92. The number of hydrogen-bond acceptors (Lipinski definition) is 3. The molecule has 0 aliphatic carbocycles. The fourth-order valence-corrected chi connectivity index (χ4v) is 2.24. The fraction of sp³-hybridized carbons (Fsp3) is 0.375. The molecular weight excluding hydrogens is 172 g/mol. The summed E-state index contributed by atoms with van der Waals surface area (Å²) < 4.78 is 2.00. The molecule has 2 rings (SSSR count). The normalized spacial score (nSPS) is 11.2. The predicted molar refractivity (Wildman–Crippen MR) is 48.5 cm³/mol. The van der Waals surface area contributed by atoms with Gasteiger partial charge in [-0.15, -0.1) is 11.3 Å². The lowest BCUT2D eigenvalue weighted by atomic mass is 10.4. The second-order valence-electron chi connectivity index (χ2n) is 2.77. The van der Waals surface area contributed by atoms with Gasteiger partial charge >= 0.3 is 0 Å². The maximum atomic E-state index is 9.00. The van der Waals surface area contributed by atoms with Gasteiger partial charge in [0.2, 0.25) is 0 Å². The van der Waals surface area contributed by atoms with Crippen molar-refractivity contribution >= 4 is 16.3 Å². The molecule has 0 bridgehead atoms. The molecule has 0 atom stereocenters. The standard InChI is InChI=1S/C8H10N2OS/c1-5-6(2)12-8-9-3-7(4-11)10(5)8/h3,11H,4H2,1-2H3. The van der Waals surface area contributed by atoms with Crippen molar-refractivity contribution < 1.29 is 5.11 Å². The van der Waals surface area contributed by atoms with E-state index in [9.17, 15) is 0 Å². The Morgan fingerprint density at radius 3 is 3.00 bits per heavy atom. The molecule has 0 spiro atoms. The van der Waals surface area contributed by atoms with Crippen LogP contribution in [0.15, 0.2) is 6.20 Å². The van der Waals surface area contributed by atoms with Crippen LogP contribution in [0.3, 0.4) is 0 Å².